The van der Waals surface area contributed by atoms with Gasteiger partial charge in [0.2, 0.25) is 0 Å². The van der Waals surface area contributed by atoms with Gasteiger partial charge in [0.15, 0.2) is 0 Å². The van der Waals surface area contributed by atoms with Crippen LogP contribution in [0.25, 0.3) is 0 Å². The van der Waals surface area contributed by atoms with Crippen molar-refractivity contribution in [3.63, 3.8) is 0 Å². The zero-order valence-corrected chi connectivity index (χ0v) is 11.8. The summed E-state index contributed by atoms with van der Waals surface area (Å²) in [4.78, 5) is 4.15. The molecule has 1 aliphatic rings. The van der Waals surface area contributed by atoms with Gasteiger partial charge in [-0.2, -0.15) is 0 Å². The molecule has 2 heterocycles. The van der Waals surface area contributed by atoms with Crippen LogP contribution in [0.2, 0.25) is 0 Å². The Kier molecular flexibility index (Phi) is 3.66. The van der Waals surface area contributed by atoms with Crippen LogP contribution in [0.1, 0.15) is 5.56 Å². The monoisotopic (exact) mass is 276 g/mol. The van der Waals surface area contributed by atoms with E-state index in [1.807, 2.05) is 12.5 Å². The third-order valence-electron chi connectivity index (χ3n) is 3.11. The Bertz CT molecular complexity index is 476. The van der Waals surface area contributed by atoms with Crippen molar-refractivity contribution < 1.29 is 0 Å². The van der Waals surface area contributed by atoms with Gasteiger partial charge in [0.1, 0.15) is 0 Å². The summed E-state index contributed by atoms with van der Waals surface area (Å²) in [6.45, 7) is 1.04. The highest BCUT2D eigenvalue weighted by molar-refractivity contribution is 8.21. The van der Waals surface area contributed by atoms with Crippen molar-refractivity contribution in [3.8, 4) is 0 Å². The highest BCUT2D eigenvalue weighted by Crippen LogP contribution is 2.47. The second-order valence-corrected chi connectivity index (χ2v) is 7.72. The van der Waals surface area contributed by atoms with E-state index in [0.717, 1.165) is 13.0 Å². The Morgan fingerprint density at radius 3 is 2.61 bits per heavy atom. The number of imidazole rings is 1. The number of benzene rings is 1. The van der Waals surface area contributed by atoms with Crippen molar-refractivity contribution in [1.82, 2.24) is 9.55 Å². The first-order valence-electron chi connectivity index (χ1n) is 6.14. The summed E-state index contributed by atoms with van der Waals surface area (Å²) >= 11 is 4.19. The average Bonchev–Trinajstić information content (AvgIpc) is 3.03. The van der Waals surface area contributed by atoms with E-state index in [1.54, 1.807) is 0 Å². The van der Waals surface area contributed by atoms with Crippen LogP contribution >= 0.6 is 23.5 Å². The first-order chi connectivity index (χ1) is 8.86. The summed E-state index contributed by atoms with van der Waals surface area (Å²) in [5, 5.41) is 0. The third kappa shape index (κ3) is 2.75. The van der Waals surface area contributed by atoms with Crippen LogP contribution in [0.4, 0.5) is 0 Å². The fraction of sp³-hybridized carbons (Fsp3) is 0.357. The van der Waals surface area contributed by atoms with Gasteiger partial charge in [0, 0.05) is 30.4 Å². The lowest BCUT2D eigenvalue weighted by atomic mass is 10.1. The van der Waals surface area contributed by atoms with Crippen molar-refractivity contribution in [1.29, 1.82) is 0 Å². The molecular weight excluding hydrogens is 260 g/mol. The number of aromatic nitrogens is 2. The highest BCUT2D eigenvalue weighted by Gasteiger charge is 2.36. The van der Waals surface area contributed by atoms with E-state index in [4.69, 9.17) is 0 Å². The molecule has 2 nitrogen and oxygen atoms in total. The van der Waals surface area contributed by atoms with Gasteiger partial charge < -0.3 is 4.57 Å². The van der Waals surface area contributed by atoms with Gasteiger partial charge in [-0.05, 0) is 12.0 Å². The minimum absolute atomic E-state index is 0.280. The summed E-state index contributed by atoms with van der Waals surface area (Å²) in [5.41, 5.74) is 1.43. The second-order valence-electron chi connectivity index (χ2n) is 4.50. The van der Waals surface area contributed by atoms with Gasteiger partial charge in [0.05, 0.1) is 10.4 Å². The molecule has 0 unspecified atom stereocenters. The maximum absolute atomic E-state index is 4.15. The van der Waals surface area contributed by atoms with Crippen LogP contribution in [0.5, 0.6) is 0 Å². The van der Waals surface area contributed by atoms with Gasteiger partial charge in [0.25, 0.3) is 0 Å². The van der Waals surface area contributed by atoms with E-state index in [1.165, 1.54) is 17.1 Å². The molecule has 0 radical (unpaired) electrons. The molecule has 1 saturated heterocycles. The maximum atomic E-state index is 4.15. The Hall–Kier alpha value is -0.870. The van der Waals surface area contributed by atoms with Crippen LogP contribution in [-0.2, 0) is 13.0 Å². The molecular formula is C14H16N2S2. The predicted octanol–water partition coefficient (Wildman–Crippen LogP) is 3.30. The van der Waals surface area contributed by atoms with Crippen LogP contribution in [0.3, 0.4) is 0 Å². The van der Waals surface area contributed by atoms with E-state index in [2.05, 4.69) is 69.6 Å². The summed E-state index contributed by atoms with van der Waals surface area (Å²) in [7, 11) is 0. The summed E-state index contributed by atoms with van der Waals surface area (Å²) in [5.74, 6) is 2.51. The van der Waals surface area contributed by atoms with E-state index < -0.39 is 0 Å². The fourth-order valence-corrected chi connectivity index (χ4v) is 5.57. The van der Waals surface area contributed by atoms with Crippen LogP contribution in [0.15, 0.2) is 49.1 Å². The van der Waals surface area contributed by atoms with Crippen LogP contribution in [0, 0.1) is 0 Å². The average molecular weight is 276 g/mol. The van der Waals surface area contributed by atoms with Gasteiger partial charge >= 0.3 is 0 Å². The van der Waals surface area contributed by atoms with Crippen molar-refractivity contribution in [2.45, 2.75) is 17.0 Å². The van der Waals surface area contributed by atoms with Gasteiger partial charge in [-0.1, -0.05) is 30.3 Å². The van der Waals surface area contributed by atoms with E-state index in [9.17, 15) is 0 Å². The molecule has 0 bridgehead atoms. The summed E-state index contributed by atoms with van der Waals surface area (Å²) in [6.07, 6.45) is 6.97. The molecule has 0 aliphatic carbocycles. The molecule has 4 heteroatoms. The largest absolute Gasteiger partial charge is 0.335 e. The normalized spacial score (nSPS) is 18.0. The minimum Gasteiger partial charge on any atom is -0.335 e. The first-order valence-corrected chi connectivity index (χ1v) is 8.11. The Morgan fingerprint density at radius 1 is 1.17 bits per heavy atom. The molecule has 0 atom stereocenters. The second kappa shape index (κ2) is 5.41. The number of rotatable bonds is 4. The predicted molar refractivity (Wildman–Crippen MR) is 80.0 cm³/mol. The van der Waals surface area contributed by atoms with E-state index in [-0.39, 0.29) is 4.08 Å². The number of hydrogen-bond donors (Lipinski definition) is 0. The molecule has 18 heavy (non-hydrogen) atoms. The smallest absolute Gasteiger partial charge is 0.0946 e. The molecule has 0 N–H and O–H groups in total. The van der Waals surface area contributed by atoms with Crippen molar-refractivity contribution in [2.75, 3.05) is 11.5 Å². The van der Waals surface area contributed by atoms with Crippen molar-refractivity contribution >= 4 is 23.5 Å². The van der Waals surface area contributed by atoms with Crippen LogP contribution < -0.4 is 0 Å². The van der Waals surface area contributed by atoms with Crippen LogP contribution in [-0.4, -0.2) is 25.1 Å². The van der Waals surface area contributed by atoms with Crippen molar-refractivity contribution in [3.05, 3.63) is 54.6 Å². The van der Waals surface area contributed by atoms with Gasteiger partial charge in [-0.25, -0.2) is 4.98 Å². The summed E-state index contributed by atoms with van der Waals surface area (Å²) < 4.78 is 2.48. The van der Waals surface area contributed by atoms with E-state index >= 15 is 0 Å². The lowest BCUT2D eigenvalue weighted by Crippen LogP contribution is -2.27. The fourth-order valence-electron chi connectivity index (χ4n) is 2.31. The number of thioether (sulfide) groups is 2. The Labute approximate surface area is 116 Å². The molecule has 2 aromatic rings. The minimum atomic E-state index is 0.280. The SMILES string of the molecule is c1ccc(CC2(Cn3ccnc3)SCCS2)cc1. The quantitative estimate of drug-likeness (QED) is 0.853. The Morgan fingerprint density at radius 2 is 1.94 bits per heavy atom. The molecule has 3 rings (SSSR count). The molecule has 1 aromatic heterocycles. The zero-order chi connectivity index (χ0) is 12.3. The topological polar surface area (TPSA) is 17.8 Å². The lowest BCUT2D eigenvalue weighted by Gasteiger charge is -2.27. The maximum Gasteiger partial charge on any atom is 0.0946 e. The molecule has 94 valence electrons. The highest BCUT2D eigenvalue weighted by atomic mass is 32.2. The summed E-state index contributed by atoms with van der Waals surface area (Å²) in [6, 6.07) is 10.8. The Balaban J connectivity index is 1.79. The zero-order valence-electron chi connectivity index (χ0n) is 10.2. The first kappa shape index (κ1) is 12.2. The number of nitrogens with zero attached hydrogens (tertiary/aromatic N) is 2. The molecule has 1 fully saturated rings. The third-order valence-corrected chi connectivity index (χ3v) is 6.49. The molecule has 0 saturated carbocycles. The van der Waals surface area contributed by atoms with Gasteiger partial charge in [-0.15, -0.1) is 23.5 Å². The molecule has 0 spiro atoms. The lowest BCUT2D eigenvalue weighted by molar-refractivity contribution is 0.625. The molecule has 0 amide bonds. The molecule has 1 aliphatic heterocycles. The van der Waals surface area contributed by atoms with E-state index in [0.29, 0.717) is 0 Å². The number of hydrogen-bond acceptors (Lipinski definition) is 3. The molecule has 1 aromatic carbocycles. The standard InChI is InChI=1S/C14H16N2S2/c1-2-4-13(5-3-1)10-14(17-8-9-18-14)11-16-7-6-15-12-16/h1-7,12H,8-11H2. The van der Waals surface area contributed by atoms with Gasteiger partial charge in [-0.3, -0.25) is 0 Å². The van der Waals surface area contributed by atoms with Crippen molar-refractivity contribution in [2.24, 2.45) is 0 Å².